The summed E-state index contributed by atoms with van der Waals surface area (Å²) in [5.41, 5.74) is 2.48. The monoisotopic (exact) mass is 418 g/mol. The molecular formula is C21H28N3O4S+. The summed E-state index contributed by atoms with van der Waals surface area (Å²) < 4.78 is 33.0. The number of methoxy groups -OCH3 is 1. The molecule has 1 saturated carbocycles. The predicted molar refractivity (Wildman–Crippen MR) is 110 cm³/mol. The van der Waals surface area contributed by atoms with E-state index in [-0.39, 0.29) is 28.2 Å². The number of carbonyl (C=O) groups is 1. The zero-order valence-corrected chi connectivity index (χ0v) is 17.8. The van der Waals surface area contributed by atoms with Crippen LogP contribution < -0.4 is 19.7 Å². The number of ether oxygens (including phenoxy) is 1. The molecule has 1 amide bonds. The SMILES string of the molecule is COc1ccc(C(=O)NCc2ccc(C[NH+](C)C)cc2)cc1S(=O)(=O)NC1CC1. The van der Waals surface area contributed by atoms with Crippen LogP contribution in [0.5, 0.6) is 5.75 Å². The summed E-state index contributed by atoms with van der Waals surface area (Å²) in [6.45, 7) is 1.30. The summed E-state index contributed by atoms with van der Waals surface area (Å²) in [5, 5.41) is 2.84. The van der Waals surface area contributed by atoms with Gasteiger partial charge in [0, 0.05) is 23.7 Å². The van der Waals surface area contributed by atoms with Gasteiger partial charge in [-0.15, -0.1) is 0 Å². The molecule has 3 rings (SSSR count). The number of hydrogen-bond donors (Lipinski definition) is 3. The number of nitrogens with one attached hydrogen (secondary N) is 3. The first-order valence-corrected chi connectivity index (χ1v) is 11.1. The summed E-state index contributed by atoms with van der Waals surface area (Å²) in [5.74, 6) is -0.120. The second-order valence-corrected chi connectivity index (χ2v) is 9.33. The maximum atomic E-state index is 12.6. The van der Waals surface area contributed by atoms with E-state index in [0.717, 1.165) is 24.9 Å². The number of hydrogen-bond acceptors (Lipinski definition) is 4. The van der Waals surface area contributed by atoms with E-state index >= 15 is 0 Å². The van der Waals surface area contributed by atoms with Gasteiger partial charge in [-0.1, -0.05) is 24.3 Å². The fourth-order valence-electron chi connectivity index (χ4n) is 2.98. The van der Waals surface area contributed by atoms with Gasteiger partial charge in [0.05, 0.1) is 21.2 Å². The molecule has 2 aromatic carbocycles. The standard InChI is InChI=1S/C21H27N3O4S/c1-24(2)14-16-6-4-15(5-7-16)13-22-21(25)17-8-11-19(28-3)20(12-17)29(26,27)23-18-9-10-18/h4-8,11-12,18,23H,9-10,13-14H2,1-3H3,(H,22,25)/p+1. The summed E-state index contributed by atoms with van der Waals surface area (Å²) in [6.07, 6.45) is 1.66. The van der Waals surface area contributed by atoms with Crippen LogP contribution in [0.2, 0.25) is 0 Å². The molecule has 0 unspecified atom stereocenters. The first-order valence-electron chi connectivity index (χ1n) is 9.64. The Hall–Kier alpha value is -2.42. The van der Waals surface area contributed by atoms with E-state index in [0.29, 0.717) is 6.54 Å². The van der Waals surface area contributed by atoms with Crippen LogP contribution in [0, 0.1) is 0 Å². The quantitative estimate of drug-likeness (QED) is 0.560. The third-order valence-corrected chi connectivity index (χ3v) is 6.19. The molecule has 3 N–H and O–H groups in total. The van der Waals surface area contributed by atoms with Crippen LogP contribution in [0.3, 0.4) is 0 Å². The summed E-state index contributed by atoms with van der Waals surface area (Å²) in [7, 11) is 1.86. The Morgan fingerprint density at radius 2 is 1.76 bits per heavy atom. The Bertz CT molecular complexity index is 968. The predicted octanol–water partition coefficient (Wildman–Crippen LogP) is 0.710. The lowest BCUT2D eigenvalue weighted by Crippen LogP contribution is -3.04. The molecule has 29 heavy (non-hydrogen) atoms. The minimum absolute atomic E-state index is 0.0184. The molecule has 0 heterocycles. The zero-order valence-electron chi connectivity index (χ0n) is 17.0. The fourth-order valence-corrected chi connectivity index (χ4v) is 4.48. The Morgan fingerprint density at radius 3 is 2.34 bits per heavy atom. The van der Waals surface area contributed by atoms with Crippen molar-refractivity contribution in [3.05, 3.63) is 59.2 Å². The van der Waals surface area contributed by atoms with Gasteiger partial charge in [0.25, 0.3) is 5.91 Å². The molecule has 7 nitrogen and oxygen atoms in total. The normalized spacial score (nSPS) is 14.1. The molecule has 0 radical (unpaired) electrons. The number of carbonyl (C=O) groups excluding carboxylic acids is 1. The molecule has 8 heteroatoms. The fraction of sp³-hybridized carbons (Fsp3) is 0.381. The molecule has 0 aromatic heterocycles. The van der Waals surface area contributed by atoms with E-state index in [4.69, 9.17) is 4.74 Å². The number of rotatable bonds is 9. The Morgan fingerprint density at radius 1 is 1.10 bits per heavy atom. The minimum Gasteiger partial charge on any atom is -0.495 e. The molecule has 0 aliphatic heterocycles. The van der Waals surface area contributed by atoms with Crippen LogP contribution >= 0.6 is 0 Å². The third-order valence-electron chi connectivity index (χ3n) is 4.65. The van der Waals surface area contributed by atoms with Crippen molar-refractivity contribution in [2.24, 2.45) is 0 Å². The maximum absolute atomic E-state index is 12.6. The van der Waals surface area contributed by atoms with E-state index < -0.39 is 10.0 Å². The Kier molecular flexibility index (Phi) is 6.56. The van der Waals surface area contributed by atoms with Crippen LogP contribution in [0.1, 0.15) is 34.3 Å². The number of sulfonamides is 1. The molecule has 1 aliphatic rings. The molecule has 2 aromatic rings. The summed E-state index contributed by atoms with van der Waals surface area (Å²) >= 11 is 0. The third kappa shape index (κ3) is 5.79. The smallest absolute Gasteiger partial charge is 0.251 e. The molecule has 0 spiro atoms. The molecule has 1 fully saturated rings. The second-order valence-electron chi connectivity index (χ2n) is 7.64. The van der Waals surface area contributed by atoms with Gasteiger partial charge in [-0.25, -0.2) is 13.1 Å². The number of quaternary nitrogens is 1. The molecular weight excluding hydrogens is 390 g/mol. The molecule has 0 bridgehead atoms. The van der Waals surface area contributed by atoms with Crippen molar-refractivity contribution < 1.29 is 22.8 Å². The lowest BCUT2D eigenvalue weighted by Gasteiger charge is -2.12. The van der Waals surface area contributed by atoms with Gasteiger partial charge < -0.3 is 15.0 Å². The molecule has 156 valence electrons. The minimum atomic E-state index is -3.73. The van der Waals surface area contributed by atoms with E-state index in [2.05, 4.69) is 36.3 Å². The van der Waals surface area contributed by atoms with Crippen LogP contribution in [0.4, 0.5) is 0 Å². The lowest BCUT2D eigenvalue weighted by molar-refractivity contribution is -0.872. The van der Waals surface area contributed by atoms with Crippen molar-refractivity contribution in [2.75, 3.05) is 21.2 Å². The van der Waals surface area contributed by atoms with Crippen molar-refractivity contribution in [1.29, 1.82) is 0 Å². The Labute approximate surface area is 172 Å². The van der Waals surface area contributed by atoms with Crippen molar-refractivity contribution in [3.63, 3.8) is 0 Å². The van der Waals surface area contributed by atoms with Gasteiger partial charge in [0.15, 0.2) is 0 Å². The van der Waals surface area contributed by atoms with E-state index in [9.17, 15) is 13.2 Å². The number of amides is 1. The van der Waals surface area contributed by atoms with Crippen molar-refractivity contribution in [2.45, 2.75) is 36.9 Å². The van der Waals surface area contributed by atoms with Gasteiger partial charge in [0.2, 0.25) is 10.0 Å². The van der Waals surface area contributed by atoms with Crippen molar-refractivity contribution in [1.82, 2.24) is 10.0 Å². The highest BCUT2D eigenvalue weighted by molar-refractivity contribution is 7.89. The molecule has 0 saturated heterocycles. The first kappa shape index (κ1) is 21.3. The molecule has 0 atom stereocenters. The summed E-state index contributed by atoms with van der Waals surface area (Å²) in [4.78, 5) is 13.9. The van der Waals surface area contributed by atoms with Gasteiger partial charge in [-0.2, -0.15) is 0 Å². The van der Waals surface area contributed by atoms with E-state index in [1.54, 1.807) is 6.07 Å². The highest BCUT2D eigenvalue weighted by atomic mass is 32.2. The average molecular weight is 419 g/mol. The van der Waals surface area contributed by atoms with Crippen LogP contribution in [0.15, 0.2) is 47.4 Å². The average Bonchev–Trinajstić information content (AvgIpc) is 3.49. The van der Waals surface area contributed by atoms with Gasteiger partial charge in [-0.3, -0.25) is 4.79 Å². The van der Waals surface area contributed by atoms with Crippen LogP contribution in [-0.4, -0.2) is 41.6 Å². The van der Waals surface area contributed by atoms with Crippen LogP contribution in [0.25, 0.3) is 0 Å². The van der Waals surface area contributed by atoms with E-state index in [1.807, 2.05) is 12.1 Å². The number of benzene rings is 2. The van der Waals surface area contributed by atoms with Crippen molar-refractivity contribution >= 4 is 15.9 Å². The largest absolute Gasteiger partial charge is 0.495 e. The van der Waals surface area contributed by atoms with Crippen LogP contribution in [-0.2, 0) is 23.1 Å². The highest BCUT2D eigenvalue weighted by Gasteiger charge is 2.30. The van der Waals surface area contributed by atoms with Gasteiger partial charge in [0.1, 0.15) is 17.2 Å². The Balaban J connectivity index is 1.69. The zero-order chi connectivity index (χ0) is 21.0. The van der Waals surface area contributed by atoms with Crippen molar-refractivity contribution in [3.8, 4) is 5.75 Å². The maximum Gasteiger partial charge on any atom is 0.251 e. The summed E-state index contributed by atoms with van der Waals surface area (Å²) in [6, 6.07) is 12.5. The highest BCUT2D eigenvalue weighted by Crippen LogP contribution is 2.28. The van der Waals surface area contributed by atoms with Gasteiger partial charge in [-0.05, 0) is 36.6 Å². The van der Waals surface area contributed by atoms with E-state index in [1.165, 1.54) is 29.7 Å². The second kappa shape index (κ2) is 8.94. The first-order chi connectivity index (χ1) is 13.8. The topological polar surface area (TPSA) is 88.9 Å². The lowest BCUT2D eigenvalue weighted by atomic mass is 10.1. The van der Waals surface area contributed by atoms with Gasteiger partial charge >= 0.3 is 0 Å². The molecule has 1 aliphatic carbocycles.